The minimum absolute atomic E-state index is 0.127. The Bertz CT molecular complexity index is 1640. The van der Waals surface area contributed by atoms with Gasteiger partial charge in [-0.3, -0.25) is 4.72 Å². The van der Waals surface area contributed by atoms with Gasteiger partial charge in [-0.2, -0.15) is 4.39 Å². The van der Waals surface area contributed by atoms with Gasteiger partial charge in [0.25, 0.3) is 0 Å². The highest BCUT2D eigenvalue weighted by molar-refractivity contribution is 7.91. The number of aromatic nitrogens is 3. The molecule has 2 atom stereocenters. The number of pyridine rings is 1. The number of sulfonamides is 1. The number of hydrogen-bond acceptors (Lipinski definition) is 8. The molecule has 41 heavy (non-hydrogen) atoms. The number of anilines is 2. The van der Waals surface area contributed by atoms with Crippen LogP contribution in [-0.2, 0) is 15.8 Å². The molecule has 2 aromatic carbocycles. The highest BCUT2D eigenvalue weighted by Crippen LogP contribution is 2.36. The SMILES string of the molecule is C[C@H]1CNCC(Nc2nccc(-c3cccnc3Oc3cc(F)c(NS(=O)(=O)Cc4ccccc4)c(F)c3F)n2)C1. The van der Waals surface area contributed by atoms with Crippen molar-refractivity contribution < 1.29 is 26.3 Å². The monoisotopic (exact) mass is 584 g/mol. The topological polar surface area (TPSA) is 118 Å². The van der Waals surface area contributed by atoms with Gasteiger partial charge in [0.1, 0.15) is 5.69 Å². The molecule has 0 saturated carbocycles. The van der Waals surface area contributed by atoms with Crippen LogP contribution in [0.15, 0.2) is 67.0 Å². The minimum atomic E-state index is -4.26. The number of ether oxygens (including phenoxy) is 1. The summed E-state index contributed by atoms with van der Waals surface area (Å²) in [6.45, 7) is 3.84. The van der Waals surface area contributed by atoms with Gasteiger partial charge in [-0.05, 0) is 42.6 Å². The summed E-state index contributed by atoms with van der Waals surface area (Å²) in [5.74, 6) is -5.40. The zero-order chi connectivity index (χ0) is 29.0. The lowest BCUT2D eigenvalue weighted by molar-refractivity contribution is 0.377. The van der Waals surface area contributed by atoms with Gasteiger partial charge in [0.15, 0.2) is 17.4 Å². The Hall–Kier alpha value is -4.23. The van der Waals surface area contributed by atoms with E-state index in [0.717, 1.165) is 19.5 Å². The molecule has 0 spiro atoms. The summed E-state index contributed by atoms with van der Waals surface area (Å²) < 4.78 is 77.2. The average molecular weight is 585 g/mol. The molecule has 1 aliphatic rings. The molecule has 3 heterocycles. The van der Waals surface area contributed by atoms with Gasteiger partial charge in [-0.25, -0.2) is 32.2 Å². The summed E-state index contributed by atoms with van der Waals surface area (Å²) in [5, 5.41) is 6.64. The minimum Gasteiger partial charge on any atom is -0.435 e. The Labute approximate surface area is 235 Å². The molecule has 0 aliphatic carbocycles. The summed E-state index contributed by atoms with van der Waals surface area (Å²) in [4.78, 5) is 12.9. The van der Waals surface area contributed by atoms with Crippen LogP contribution in [0.1, 0.15) is 18.9 Å². The largest absolute Gasteiger partial charge is 0.435 e. The van der Waals surface area contributed by atoms with Crippen LogP contribution in [-0.4, -0.2) is 42.5 Å². The van der Waals surface area contributed by atoms with Crippen molar-refractivity contribution in [2.24, 2.45) is 5.92 Å². The summed E-state index contributed by atoms with van der Waals surface area (Å²) in [7, 11) is -4.26. The molecule has 1 aliphatic heterocycles. The summed E-state index contributed by atoms with van der Waals surface area (Å²) in [5.41, 5.74) is -0.0583. The predicted octanol–water partition coefficient (Wildman–Crippen LogP) is 5.10. The second-order valence-electron chi connectivity index (χ2n) is 9.77. The maximum atomic E-state index is 15.0. The second-order valence-corrected chi connectivity index (χ2v) is 11.5. The van der Waals surface area contributed by atoms with Gasteiger partial charge in [0.05, 0.1) is 17.0 Å². The van der Waals surface area contributed by atoms with Crippen molar-refractivity contribution in [3.63, 3.8) is 0 Å². The van der Waals surface area contributed by atoms with E-state index in [1.807, 2.05) is 0 Å². The first kappa shape index (κ1) is 28.3. The van der Waals surface area contributed by atoms with E-state index in [1.54, 1.807) is 41.1 Å². The standard InChI is InChI=1S/C28H27F3N6O3S/c1-17-12-19(15-32-14-17)35-28-34-11-9-22(36-28)20-8-5-10-33-27(20)40-23-13-21(29)26(25(31)24(23)30)37-41(38,39)16-18-6-3-2-4-7-18/h2-11,13,17,19,32,37H,12,14-16H2,1H3,(H,34,35,36)/t17-,19?/m1/s1. The van der Waals surface area contributed by atoms with Crippen molar-refractivity contribution in [3.8, 4) is 22.9 Å². The van der Waals surface area contributed by atoms with Gasteiger partial charge >= 0.3 is 0 Å². The van der Waals surface area contributed by atoms with Crippen molar-refractivity contribution in [3.05, 3.63) is 90.0 Å². The molecule has 0 bridgehead atoms. The Kier molecular flexibility index (Phi) is 8.36. The fourth-order valence-corrected chi connectivity index (χ4v) is 5.73. The van der Waals surface area contributed by atoms with Crippen LogP contribution in [0, 0.1) is 23.4 Å². The molecule has 5 rings (SSSR count). The third-order valence-electron chi connectivity index (χ3n) is 6.40. The summed E-state index contributed by atoms with van der Waals surface area (Å²) in [6.07, 6.45) is 3.85. The molecule has 214 valence electrons. The molecule has 4 aromatic rings. The van der Waals surface area contributed by atoms with Crippen LogP contribution < -0.4 is 20.1 Å². The predicted molar refractivity (Wildman–Crippen MR) is 148 cm³/mol. The number of rotatable bonds is 9. The molecule has 3 N–H and O–H groups in total. The third kappa shape index (κ3) is 6.92. The van der Waals surface area contributed by atoms with Crippen molar-refractivity contribution in [1.29, 1.82) is 0 Å². The van der Waals surface area contributed by atoms with E-state index in [0.29, 0.717) is 34.8 Å². The lowest BCUT2D eigenvalue weighted by Gasteiger charge is -2.28. The summed E-state index contributed by atoms with van der Waals surface area (Å²) in [6, 6.07) is 13.5. The number of hydrogen-bond donors (Lipinski definition) is 3. The number of benzene rings is 2. The van der Waals surface area contributed by atoms with E-state index in [9.17, 15) is 17.2 Å². The second kappa shape index (κ2) is 12.1. The molecule has 0 radical (unpaired) electrons. The van der Waals surface area contributed by atoms with Crippen LogP contribution in [0.4, 0.5) is 24.8 Å². The molecule has 13 heteroatoms. The highest BCUT2D eigenvalue weighted by Gasteiger charge is 2.25. The molecule has 9 nitrogen and oxygen atoms in total. The first-order chi connectivity index (χ1) is 19.7. The lowest BCUT2D eigenvalue weighted by atomic mass is 9.98. The quantitative estimate of drug-likeness (QED) is 0.233. The van der Waals surface area contributed by atoms with Gasteiger partial charge < -0.3 is 15.4 Å². The average Bonchev–Trinajstić information content (AvgIpc) is 2.95. The van der Waals surface area contributed by atoms with Crippen LogP contribution in [0.3, 0.4) is 0 Å². The number of nitrogens with one attached hydrogen (secondary N) is 3. The van der Waals surface area contributed by atoms with Gasteiger partial charge in [-0.15, -0.1) is 0 Å². The van der Waals surface area contributed by atoms with Crippen LogP contribution in [0.25, 0.3) is 11.3 Å². The molecule has 0 amide bonds. The number of halogens is 3. The van der Waals surface area contributed by atoms with E-state index >= 15 is 4.39 Å². The van der Waals surface area contributed by atoms with Crippen LogP contribution in [0.2, 0.25) is 0 Å². The van der Waals surface area contributed by atoms with Crippen molar-refractivity contribution >= 4 is 21.7 Å². The van der Waals surface area contributed by atoms with Crippen molar-refractivity contribution in [2.45, 2.75) is 25.1 Å². The maximum absolute atomic E-state index is 15.0. The molecule has 1 unspecified atom stereocenters. The number of nitrogens with zero attached hydrogens (tertiary/aromatic N) is 3. The maximum Gasteiger partial charge on any atom is 0.237 e. The molecule has 1 fully saturated rings. The van der Waals surface area contributed by atoms with Crippen LogP contribution in [0.5, 0.6) is 11.6 Å². The van der Waals surface area contributed by atoms with E-state index < -0.39 is 44.7 Å². The van der Waals surface area contributed by atoms with Crippen molar-refractivity contribution in [1.82, 2.24) is 20.3 Å². The zero-order valence-corrected chi connectivity index (χ0v) is 22.8. The Morgan fingerprint density at radius 3 is 2.59 bits per heavy atom. The summed E-state index contributed by atoms with van der Waals surface area (Å²) >= 11 is 0. The Morgan fingerprint density at radius 1 is 1.00 bits per heavy atom. The fraction of sp³-hybridized carbons (Fsp3) is 0.250. The Balaban J connectivity index is 1.38. The number of piperidine rings is 1. The first-order valence-corrected chi connectivity index (χ1v) is 14.5. The normalized spacial score (nSPS) is 17.2. The van der Waals surface area contributed by atoms with E-state index in [4.69, 9.17) is 4.74 Å². The smallest absolute Gasteiger partial charge is 0.237 e. The zero-order valence-electron chi connectivity index (χ0n) is 21.9. The van der Waals surface area contributed by atoms with Crippen molar-refractivity contribution in [2.75, 3.05) is 23.1 Å². The highest BCUT2D eigenvalue weighted by atomic mass is 32.2. The van der Waals surface area contributed by atoms with E-state index in [2.05, 4.69) is 32.5 Å². The third-order valence-corrected chi connectivity index (χ3v) is 7.62. The molecule has 2 aromatic heterocycles. The fourth-order valence-electron chi connectivity index (χ4n) is 4.52. The van der Waals surface area contributed by atoms with Crippen LogP contribution >= 0.6 is 0 Å². The first-order valence-electron chi connectivity index (χ1n) is 12.8. The molecular formula is C28H27F3N6O3S. The van der Waals surface area contributed by atoms with E-state index in [1.165, 1.54) is 24.5 Å². The Morgan fingerprint density at radius 2 is 1.80 bits per heavy atom. The van der Waals surface area contributed by atoms with E-state index in [-0.39, 0.29) is 11.9 Å². The lowest BCUT2D eigenvalue weighted by Crippen LogP contribution is -2.42. The van der Waals surface area contributed by atoms with Gasteiger partial charge in [-0.1, -0.05) is 37.3 Å². The van der Waals surface area contributed by atoms with Gasteiger partial charge in [0, 0.05) is 31.0 Å². The molecule has 1 saturated heterocycles. The van der Waals surface area contributed by atoms with Gasteiger partial charge in [0.2, 0.25) is 27.7 Å². The molecular weight excluding hydrogens is 557 g/mol.